The van der Waals surface area contributed by atoms with E-state index in [1.807, 2.05) is 6.92 Å². The molecule has 1 N–H and O–H groups in total. The molecule has 0 amide bonds. The van der Waals surface area contributed by atoms with Crippen LogP contribution < -0.4 is 5.32 Å². The SMILES string of the molecule is C=C(C)OCOCCNCCOC1CCCCC1. The molecule has 0 bridgehead atoms. The van der Waals surface area contributed by atoms with Gasteiger partial charge in [0.25, 0.3) is 0 Å². The van der Waals surface area contributed by atoms with Crippen LogP contribution in [0, 0.1) is 0 Å². The molecular weight excluding hydrogens is 230 g/mol. The third-order valence-electron chi connectivity index (χ3n) is 3.00. The Hall–Kier alpha value is -0.580. The predicted octanol–water partition coefficient (Wildman–Crippen LogP) is 2.45. The molecule has 4 heteroatoms. The number of hydrogen-bond donors (Lipinski definition) is 1. The van der Waals surface area contributed by atoms with Crippen molar-refractivity contribution < 1.29 is 14.2 Å². The van der Waals surface area contributed by atoms with E-state index in [1.54, 1.807) is 0 Å². The van der Waals surface area contributed by atoms with Crippen molar-refractivity contribution in [2.75, 3.05) is 33.1 Å². The van der Waals surface area contributed by atoms with Gasteiger partial charge in [0.2, 0.25) is 0 Å². The van der Waals surface area contributed by atoms with Gasteiger partial charge in [-0.2, -0.15) is 0 Å². The van der Waals surface area contributed by atoms with Crippen molar-refractivity contribution in [1.29, 1.82) is 0 Å². The van der Waals surface area contributed by atoms with E-state index in [4.69, 9.17) is 14.2 Å². The van der Waals surface area contributed by atoms with E-state index in [2.05, 4.69) is 11.9 Å². The minimum absolute atomic E-state index is 0.287. The number of nitrogens with one attached hydrogen (secondary N) is 1. The van der Waals surface area contributed by atoms with Crippen molar-refractivity contribution in [3.05, 3.63) is 12.3 Å². The maximum absolute atomic E-state index is 5.80. The Morgan fingerprint density at radius 2 is 1.89 bits per heavy atom. The van der Waals surface area contributed by atoms with Crippen LogP contribution >= 0.6 is 0 Å². The molecule has 0 atom stereocenters. The lowest BCUT2D eigenvalue weighted by atomic mass is 9.98. The lowest BCUT2D eigenvalue weighted by Crippen LogP contribution is -2.27. The van der Waals surface area contributed by atoms with E-state index in [1.165, 1.54) is 32.1 Å². The third-order valence-corrected chi connectivity index (χ3v) is 3.00. The van der Waals surface area contributed by atoms with E-state index in [0.717, 1.165) is 19.7 Å². The second kappa shape index (κ2) is 10.4. The summed E-state index contributed by atoms with van der Waals surface area (Å²) in [4.78, 5) is 0. The quantitative estimate of drug-likeness (QED) is 0.371. The van der Waals surface area contributed by atoms with Gasteiger partial charge in [0.15, 0.2) is 6.79 Å². The minimum Gasteiger partial charge on any atom is -0.473 e. The molecule has 1 fully saturated rings. The first-order valence-electron chi connectivity index (χ1n) is 6.97. The Morgan fingerprint density at radius 1 is 1.17 bits per heavy atom. The highest BCUT2D eigenvalue weighted by Crippen LogP contribution is 2.19. The van der Waals surface area contributed by atoms with Crippen LogP contribution in [0.4, 0.5) is 0 Å². The summed E-state index contributed by atoms with van der Waals surface area (Å²) >= 11 is 0. The molecule has 0 aromatic rings. The molecule has 0 aromatic heterocycles. The summed E-state index contributed by atoms with van der Waals surface area (Å²) < 4.78 is 16.1. The molecule has 0 unspecified atom stereocenters. The fourth-order valence-corrected chi connectivity index (χ4v) is 2.00. The lowest BCUT2D eigenvalue weighted by molar-refractivity contribution is -0.0214. The smallest absolute Gasteiger partial charge is 0.188 e. The Bertz CT molecular complexity index is 215. The van der Waals surface area contributed by atoms with Crippen molar-refractivity contribution in [2.24, 2.45) is 0 Å². The molecule has 1 aliphatic carbocycles. The van der Waals surface area contributed by atoms with Gasteiger partial charge in [-0.15, -0.1) is 0 Å². The lowest BCUT2D eigenvalue weighted by Gasteiger charge is -2.22. The molecule has 0 aliphatic heterocycles. The van der Waals surface area contributed by atoms with Crippen molar-refractivity contribution >= 4 is 0 Å². The zero-order valence-electron chi connectivity index (χ0n) is 11.6. The second-order valence-electron chi connectivity index (χ2n) is 4.75. The van der Waals surface area contributed by atoms with Gasteiger partial charge in [-0.3, -0.25) is 0 Å². The summed E-state index contributed by atoms with van der Waals surface area (Å²) in [5, 5.41) is 3.29. The zero-order chi connectivity index (χ0) is 13.1. The van der Waals surface area contributed by atoms with Crippen molar-refractivity contribution in [1.82, 2.24) is 5.32 Å². The van der Waals surface area contributed by atoms with Gasteiger partial charge in [-0.05, 0) is 19.8 Å². The molecule has 0 saturated heterocycles. The van der Waals surface area contributed by atoms with Crippen molar-refractivity contribution in [2.45, 2.75) is 45.1 Å². The molecule has 106 valence electrons. The van der Waals surface area contributed by atoms with Crippen LogP contribution in [0.25, 0.3) is 0 Å². The van der Waals surface area contributed by atoms with Crippen molar-refractivity contribution in [3.63, 3.8) is 0 Å². The van der Waals surface area contributed by atoms with Gasteiger partial charge < -0.3 is 19.5 Å². The summed E-state index contributed by atoms with van der Waals surface area (Å²) in [5.41, 5.74) is 0. The molecule has 1 aliphatic rings. The van der Waals surface area contributed by atoms with Crippen LogP contribution in [-0.2, 0) is 14.2 Å². The number of allylic oxidation sites excluding steroid dienone is 1. The Morgan fingerprint density at radius 3 is 2.61 bits per heavy atom. The van der Waals surface area contributed by atoms with Crippen LogP contribution in [0.2, 0.25) is 0 Å². The number of ether oxygens (including phenoxy) is 3. The Balaban J connectivity index is 1.76. The largest absolute Gasteiger partial charge is 0.473 e. The summed E-state index contributed by atoms with van der Waals surface area (Å²) in [7, 11) is 0. The summed E-state index contributed by atoms with van der Waals surface area (Å²) in [5.74, 6) is 0.684. The molecule has 0 aromatic carbocycles. The average Bonchev–Trinajstić information content (AvgIpc) is 2.37. The normalized spacial score (nSPS) is 16.7. The van der Waals surface area contributed by atoms with Gasteiger partial charge in [-0.25, -0.2) is 0 Å². The van der Waals surface area contributed by atoms with Crippen molar-refractivity contribution in [3.8, 4) is 0 Å². The molecular formula is C14H27NO3. The molecule has 1 saturated carbocycles. The average molecular weight is 257 g/mol. The molecule has 18 heavy (non-hydrogen) atoms. The van der Waals surface area contributed by atoms with E-state index in [0.29, 0.717) is 18.5 Å². The van der Waals surface area contributed by atoms with Gasteiger partial charge in [0.1, 0.15) is 0 Å². The summed E-state index contributed by atoms with van der Waals surface area (Å²) in [6.45, 7) is 8.89. The van der Waals surface area contributed by atoms with Gasteiger partial charge in [0, 0.05) is 13.1 Å². The Labute approximate surface area is 111 Å². The molecule has 0 radical (unpaired) electrons. The van der Waals surface area contributed by atoms with E-state index in [-0.39, 0.29) is 6.79 Å². The summed E-state index contributed by atoms with van der Waals surface area (Å²) in [6, 6.07) is 0. The second-order valence-corrected chi connectivity index (χ2v) is 4.75. The van der Waals surface area contributed by atoms with Crippen LogP contribution in [0.1, 0.15) is 39.0 Å². The van der Waals surface area contributed by atoms with Gasteiger partial charge in [-0.1, -0.05) is 25.8 Å². The van der Waals surface area contributed by atoms with Gasteiger partial charge >= 0.3 is 0 Å². The zero-order valence-corrected chi connectivity index (χ0v) is 11.6. The van der Waals surface area contributed by atoms with E-state index >= 15 is 0 Å². The topological polar surface area (TPSA) is 39.7 Å². The van der Waals surface area contributed by atoms with E-state index < -0.39 is 0 Å². The molecule has 4 nitrogen and oxygen atoms in total. The Kier molecular flexibility index (Phi) is 8.90. The first kappa shape index (κ1) is 15.5. The van der Waals surface area contributed by atoms with E-state index in [9.17, 15) is 0 Å². The van der Waals surface area contributed by atoms with Crippen LogP contribution in [0.15, 0.2) is 12.3 Å². The molecule has 0 spiro atoms. The highest BCUT2D eigenvalue weighted by molar-refractivity contribution is 4.72. The van der Waals surface area contributed by atoms with Crippen LogP contribution in [0.5, 0.6) is 0 Å². The monoisotopic (exact) mass is 257 g/mol. The highest BCUT2D eigenvalue weighted by Gasteiger charge is 2.12. The maximum atomic E-state index is 5.80. The molecule has 1 rings (SSSR count). The van der Waals surface area contributed by atoms with Gasteiger partial charge in [0.05, 0.1) is 25.1 Å². The first-order valence-corrected chi connectivity index (χ1v) is 6.97. The number of hydrogen-bond acceptors (Lipinski definition) is 4. The molecule has 0 heterocycles. The maximum Gasteiger partial charge on any atom is 0.188 e. The fraction of sp³-hybridized carbons (Fsp3) is 0.857. The van der Waals surface area contributed by atoms with Crippen LogP contribution in [-0.4, -0.2) is 39.2 Å². The fourth-order valence-electron chi connectivity index (χ4n) is 2.00. The predicted molar refractivity (Wildman–Crippen MR) is 72.4 cm³/mol. The summed E-state index contributed by atoms with van der Waals surface area (Å²) in [6.07, 6.45) is 7.01. The standard InChI is InChI=1S/C14H27NO3/c1-13(2)18-12-16-10-8-15-9-11-17-14-6-4-3-5-7-14/h14-15H,1,3-12H2,2H3. The third kappa shape index (κ3) is 8.50. The highest BCUT2D eigenvalue weighted by atomic mass is 16.7. The first-order chi connectivity index (χ1) is 8.79. The minimum atomic E-state index is 0.287. The number of rotatable bonds is 10. The van der Waals surface area contributed by atoms with Crippen LogP contribution in [0.3, 0.4) is 0 Å².